The molecule has 0 atom stereocenters. The Balaban J connectivity index is 1.56. The molecule has 0 aliphatic heterocycles. The number of hydrogen-bond donors (Lipinski definition) is 1. The van der Waals surface area contributed by atoms with Gasteiger partial charge >= 0.3 is 18.3 Å². The van der Waals surface area contributed by atoms with E-state index in [1.54, 1.807) is 6.92 Å². The fourth-order valence-electron chi connectivity index (χ4n) is 5.18. The van der Waals surface area contributed by atoms with Crippen molar-refractivity contribution in [1.82, 2.24) is 29.8 Å². The molecule has 3 aromatic rings. The van der Waals surface area contributed by atoms with Crippen LogP contribution >= 0.6 is 0 Å². The van der Waals surface area contributed by atoms with Crippen molar-refractivity contribution in [3.05, 3.63) is 54.5 Å². The molecule has 1 aliphatic carbocycles. The summed E-state index contributed by atoms with van der Waals surface area (Å²) in [7, 11) is 1.45. The monoisotopic (exact) mass is 760 g/mol. The molecule has 1 N–H and O–H groups in total. The molecule has 0 radical (unpaired) electrons. The zero-order chi connectivity index (χ0) is 39.1. The molecule has 1 saturated carbocycles. The number of amidine groups is 1. The lowest BCUT2D eigenvalue weighted by Crippen LogP contribution is -2.48. The van der Waals surface area contributed by atoms with Gasteiger partial charge in [0.1, 0.15) is 12.2 Å². The predicted octanol–water partition coefficient (Wildman–Crippen LogP) is 5.52. The summed E-state index contributed by atoms with van der Waals surface area (Å²) < 4.78 is 76.9. The van der Waals surface area contributed by atoms with Gasteiger partial charge in [-0.3, -0.25) is 14.9 Å². The molecule has 53 heavy (non-hydrogen) atoms. The van der Waals surface area contributed by atoms with Crippen LogP contribution in [-0.2, 0) is 25.5 Å². The summed E-state index contributed by atoms with van der Waals surface area (Å²) in [6.45, 7) is 9.16. The number of alkyl halides is 3. The lowest BCUT2D eigenvalue weighted by atomic mass is 9.90. The van der Waals surface area contributed by atoms with Crippen LogP contribution in [0.3, 0.4) is 0 Å². The van der Waals surface area contributed by atoms with Gasteiger partial charge in [0.25, 0.3) is 0 Å². The van der Waals surface area contributed by atoms with E-state index in [1.165, 1.54) is 30.6 Å². The third-order valence-electron chi connectivity index (χ3n) is 8.84. The fourth-order valence-corrected chi connectivity index (χ4v) is 5.78. The maximum Gasteiger partial charge on any atom is 0.419 e. The number of ether oxygens (including phenoxy) is 2. The average Bonchev–Trinajstić information content (AvgIpc) is 3.11. The van der Waals surface area contributed by atoms with Crippen LogP contribution in [-0.4, -0.2) is 109 Å². The number of carbonyl (C=O) groups is 1. The smallest absolute Gasteiger partial charge is 0.419 e. The molecule has 0 saturated heterocycles. The van der Waals surface area contributed by atoms with E-state index in [9.17, 15) is 26.4 Å². The van der Waals surface area contributed by atoms with Crippen molar-refractivity contribution in [1.29, 1.82) is 0 Å². The topological polar surface area (TPSA) is 177 Å². The average molecular weight is 761 g/mol. The molecule has 1 aliphatic rings. The standard InChI is InChI=1S/C34H43F3N10O5S/c1-21(14-43-31(38-4)51-7)27-18-41-28(19-40-27)47(32(48)52-20-33(2,3)46(5)6)24-11-9-23(10-12-24)44-30-42-17-26(34(35,36)37)29(45-30)22-13-25(16-39-15-22)53(8,49)50/h13-19,23-24H,4,9-12,20H2,1-3,5-8H3,(H,42,44,45)/b21-14+,43-31+/t23-,24-. The SMILES string of the molecule is C=N/C(=N\C=C(/C)c1cnc(N(C(=O)OCC(C)(C)N(C)C)[C@H]2CC[C@H](Nc3ncc(C(F)(F)F)c(-c4cncc(S(C)(=O)=O)c4)n3)CC2)cn1)OC. The van der Waals surface area contributed by atoms with E-state index in [1.807, 2.05) is 32.8 Å². The highest BCUT2D eigenvalue weighted by molar-refractivity contribution is 7.90. The first kappa shape index (κ1) is 40.7. The first-order valence-corrected chi connectivity index (χ1v) is 18.3. The first-order valence-electron chi connectivity index (χ1n) is 16.4. The molecule has 0 aromatic carbocycles. The minimum Gasteiger partial charge on any atom is -0.467 e. The van der Waals surface area contributed by atoms with Crippen LogP contribution in [0.1, 0.15) is 57.7 Å². The number of methoxy groups -OCH3 is 1. The Morgan fingerprint density at radius 2 is 1.77 bits per heavy atom. The van der Waals surface area contributed by atoms with Gasteiger partial charge in [0, 0.05) is 54.2 Å². The second-order valence-corrected chi connectivity index (χ2v) is 15.3. The second kappa shape index (κ2) is 16.7. The minimum atomic E-state index is -4.81. The molecule has 286 valence electrons. The number of likely N-dealkylation sites (N-methyl/N-ethyl adjacent to an activating group) is 1. The highest BCUT2D eigenvalue weighted by atomic mass is 32.2. The van der Waals surface area contributed by atoms with E-state index in [2.05, 4.69) is 46.9 Å². The van der Waals surface area contributed by atoms with Gasteiger partial charge in [-0.1, -0.05) is 0 Å². The predicted molar refractivity (Wildman–Crippen MR) is 194 cm³/mol. The molecular weight excluding hydrogens is 717 g/mol. The Hall–Kier alpha value is -5.04. The van der Waals surface area contributed by atoms with Gasteiger partial charge in [0.05, 0.1) is 35.8 Å². The van der Waals surface area contributed by atoms with E-state index in [4.69, 9.17) is 9.47 Å². The highest BCUT2D eigenvalue weighted by Gasteiger charge is 2.37. The molecule has 3 heterocycles. The van der Waals surface area contributed by atoms with Crippen LogP contribution in [0.5, 0.6) is 0 Å². The molecule has 0 spiro atoms. The number of carbonyl (C=O) groups excluding carboxylic acids is 1. The molecular formula is C34H43F3N10O5S. The number of nitrogens with zero attached hydrogens (tertiary/aromatic N) is 9. The van der Waals surface area contributed by atoms with Crippen LogP contribution in [0.25, 0.3) is 16.8 Å². The lowest BCUT2D eigenvalue weighted by Gasteiger charge is -2.37. The largest absolute Gasteiger partial charge is 0.467 e. The van der Waals surface area contributed by atoms with Gasteiger partial charge in [-0.25, -0.2) is 38.1 Å². The number of halogens is 3. The van der Waals surface area contributed by atoms with Crippen LogP contribution in [0.4, 0.5) is 29.7 Å². The van der Waals surface area contributed by atoms with E-state index < -0.39 is 38.9 Å². The molecule has 0 bridgehead atoms. The Kier molecular flexibility index (Phi) is 12.9. The number of sulfone groups is 1. The van der Waals surface area contributed by atoms with Crippen molar-refractivity contribution in [3.63, 3.8) is 0 Å². The molecule has 3 aromatic heterocycles. The van der Waals surface area contributed by atoms with Crippen molar-refractivity contribution < 1.29 is 35.9 Å². The normalized spacial score (nSPS) is 17.3. The van der Waals surface area contributed by atoms with Crippen LogP contribution in [0, 0.1) is 0 Å². The van der Waals surface area contributed by atoms with Crippen molar-refractivity contribution in [2.24, 2.45) is 9.98 Å². The van der Waals surface area contributed by atoms with Crippen molar-refractivity contribution in [2.75, 3.05) is 44.3 Å². The summed E-state index contributed by atoms with van der Waals surface area (Å²) in [5.74, 6) is 0.208. The number of hydrogen-bond acceptors (Lipinski definition) is 13. The fraction of sp³-hybridized carbons (Fsp3) is 0.471. The van der Waals surface area contributed by atoms with Gasteiger partial charge in [-0.2, -0.15) is 13.2 Å². The van der Waals surface area contributed by atoms with Crippen molar-refractivity contribution in [2.45, 2.75) is 75.1 Å². The van der Waals surface area contributed by atoms with Crippen LogP contribution < -0.4 is 10.2 Å². The van der Waals surface area contributed by atoms with E-state index >= 15 is 0 Å². The molecule has 1 amide bonds. The molecule has 15 nitrogen and oxygen atoms in total. The number of aliphatic imine (C=N–C) groups is 2. The Bertz CT molecular complexity index is 1950. The van der Waals surface area contributed by atoms with E-state index in [-0.39, 0.29) is 46.9 Å². The summed E-state index contributed by atoms with van der Waals surface area (Å²) in [5, 5.41) is 3.12. The number of rotatable bonds is 11. The van der Waals surface area contributed by atoms with Gasteiger partial charge in [0.15, 0.2) is 15.7 Å². The third kappa shape index (κ3) is 10.5. The van der Waals surface area contributed by atoms with Crippen LogP contribution in [0.15, 0.2) is 58.1 Å². The van der Waals surface area contributed by atoms with Gasteiger partial charge in [-0.15, -0.1) is 0 Å². The zero-order valence-electron chi connectivity index (χ0n) is 30.5. The molecule has 4 rings (SSSR count). The summed E-state index contributed by atoms with van der Waals surface area (Å²) in [6, 6.07) is 0.573. The minimum absolute atomic E-state index is 0.0703. The number of aromatic nitrogens is 5. The Labute approximate surface area is 306 Å². The Morgan fingerprint density at radius 3 is 2.34 bits per heavy atom. The quantitative estimate of drug-likeness (QED) is 0.192. The molecule has 0 unspecified atom stereocenters. The van der Waals surface area contributed by atoms with Gasteiger partial charge in [0.2, 0.25) is 5.95 Å². The Morgan fingerprint density at radius 1 is 1.08 bits per heavy atom. The van der Waals surface area contributed by atoms with Gasteiger partial charge < -0.3 is 19.7 Å². The number of pyridine rings is 1. The number of nitrogens with one attached hydrogen (secondary N) is 1. The third-order valence-corrected chi connectivity index (χ3v) is 9.92. The summed E-state index contributed by atoms with van der Waals surface area (Å²) in [5.41, 5.74) is -1.06. The molecule has 1 fully saturated rings. The number of amides is 1. The van der Waals surface area contributed by atoms with Crippen molar-refractivity contribution >= 4 is 46.0 Å². The highest BCUT2D eigenvalue weighted by Crippen LogP contribution is 2.37. The number of anilines is 2. The van der Waals surface area contributed by atoms with Gasteiger partial charge in [-0.05, 0) is 78.9 Å². The summed E-state index contributed by atoms with van der Waals surface area (Å²) >= 11 is 0. The van der Waals surface area contributed by atoms with E-state index in [0.29, 0.717) is 43.1 Å². The first-order chi connectivity index (χ1) is 24.8. The van der Waals surface area contributed by atoms with Crippen LogP contribution in [0.2, 0.25) is 0 Å². The molecule has 19 heteroatoms. The second-order valence-electron chi connectivity index (χ2n) is 13.3. The zero-order valence-corrected chi connectivity index (χ0v) is 31.4. The maximum absolute atomic E-state index is 14.0. The maximum atomic E-state index is 14.0. The summed E-state index contributed by atoms with van der Waals surface area (Å²) in [6.07, 6.45) is 4.80. The lowest BCUT2D eigenvalue weighted by molar-refractivity contribution is -0.137. The van der Waals surface area contributed by atoms with E-state index in [0.717, 1.165) is 24.7 Å². The van der Waals surface area contributed by atoms with Crippen molar-refractivity contribution in [3.8, 4) is 11.3 Å². The summed E-state index contributed by atoms with van der Waals surface area (Å²) in [4.78, 5) is 45.6. The number of allylic oxidation sites excluding steroid dienone is 1.